The van der Waals surface area contributed by atoms with E-state index >= 15 is 0 Å². The lowest BCUT2D eigenvalue weighted by Crippen LogP contribution is -2.65. The van der Waals surface area contributed by atoms with Crippen molar-refractivity contribution in [3.63, 3.8) is 0 Å². The summed E-state index contributed by atoms with van der Waals surface area (Å²) in [6, 6.07) is 28.2. The SMILES string of the molecule is CC(C)=COc1ccccc1C(NC1CNC1=O)(c1ccccc1)c1ccccc1. The van der Waals surface area contributed by atoms with Gasteiger partial charge in [0.1, 0.15) is 11.8 Å². The molecule has 0 aliphatic carbocycles. The van der Waals surface area contributed by atoms with Crippen LogP contribution in [0.3, 0.4) is 0 Å². The molecule has 1 heterocycles. The van der Waals surface area contributed by atoms with Crippen molar-refractivity contribution in [3.05, 3.63) is 113 Å². The fraction of sp³-hybridized carbons (Fsp3) is 0.192. The number of allylic oxidation sites excluding steroid dienone is 1. The molecule has 1 fully saturated rings. The van der Waals surface area contributed by atoms with Crippen molar-refractivity contribution in [2.75, 3.05) is 6.54 Å². The number of carbonyl (C=O) groups excluding carboxylic acids is 1. The number of rotatable bonds is 7. The number of β-lactam (4-membered cyclic amide) rings is 1. The maximum Gasteiger partial charge on any atom is 0.239 e. The Morgan fingerprint density at radius 2 is 1.50 bits per heavy atom. The van der Waals surface area contributed by atoms with Crippen LogP contribution in [0.1, 0.15) is 30.5 Å². The van der Waals surface area contributed by atoms with Gasteiger partial charge in [0.2, 0.25) is 5.91 Å². The van der Waals surface area contributed by atoms with Gasteiger partial charge >= 0.3 is 0 Å². The molecule has 4 nitrogen and oxygen atoms in total. The van der Waals surface area contributed by atoms with Gasteiger partial charge in [0.15, 0.2) is 0 Å². The van der Waals surface area contributed by atoms with Crippen molar-refractivity contribution in [2.45, 2.75) is 25.4 Å². The van der Waals surface area contributed by atoms with Crippen molar-refractivity contribution in [1.29, 1.82) is 0 Å². The van der Waals surface area contributed by atoms with E-state index in [1.807, 2.05) is 68.4 Å². The van der Waals surface area contributed by atoms with Crippen molar-refractivity contribution in [1.82, 2.24) is 10.6 Å². The average Bonchev–Trinajstić information content (AvgIpc) is 2.79. The van der Waals surface area contributed by atoms with Crippen LogP contribution in [0.4, 0.5) is 0 Å². The van der Waals surface area contributed by atoms with E-state index in [2.05, 4.69) is 41.0 Å². The first-order valence-electron chi connectivity index (χ1n) is 10.2. The molecule has 3 aromatic carbocycles. The summed E-state index contributed by atoms with van der Waals surface area (Å²) in [5, 5.41) is 6.53. The molecule has 1 amide bonds. The number of carbonyl (C=O) groups is 1. The minimum Gasteiger partial charge on any atom is -0.465 e. The molecule has 2 N–H and O–H groups in total. The van der Waals surface area contributed by atoms with Crippen LogP contribution in [0.25, 0.3) is 0 Å². The molecule has 1 unspecified atom stereocenters. The molecule has 0 saturated carbocycles. The van der Waals surface area contributed by atoms with E-state index in [4.69, 9.17) is 4.74 Å². The number of hydrogen-bond acceptors (Lipinski definition) is 3. The van der Waals surface area contributed by atoms with E-state index in [0.29, 0.717) is 6.54 Å². The first-order chi connectivity index (χ1) is 14.6. The standard InChI is InChI=1S/C26H26N2O2/c1-19(2)18-30-24-16-10-9-15-22(24)26(20-11-5-3-6-12-20,21-13-7-4-8-14-21)28-23-17-27-25(23)29/h3-16,18,23,28H,17H2,1-2H3,(H,27,29). The molecule has 152 valence electrons. The number of hydrogen-bond donors (Lipinski definition) is 2. The van der Waals surface area contributed by atoms with E-state index in [1.165, 1.54) is 0 Å². The predicted molar refractivity (Wildman–Crippen MR) is 119 cm³/mol. The smallest absolute Gasteiger partial charge is 0.239 e. The number of para-hydroxylation sites is 1. The van der Waals surface area contributed by atoms with Gasteiger partial charge in [-0.15, -0.1) is 0 Å². The van der Waals surface area contributed by atoms with Gasteiger partial charge in [-0.3, -0.25) is 10.1 Å². The highest BCUT2D eigenvalue weighted by molar-refractivity contribution is 5.88. The van der Waals surface area contributed by atoms with Gasteiger partial charge in [-0.1, -0.05) is 78.9 Å². The second kappa shape index (κ2) is 8.56. The Balaban J connectivity index is 1.98. The summed E-state index contributed by atoms with van der Waals surface area (Å²) < 4.78 is 6.11. The normalized spacial score (nSPS) is 15.7. The molecule has 0 bridgehead atoms. The third-order valence-electron chi connectivity index (χ3n) is 5.31. The van der Waals surface area contributed by atoms with Gasteiger partial charge in [-0.05, 0) is 36.6 Å². The Morgan fingerprint density at radius 1 is 0.933 bits per heavy atom. The molecule has 3 aromatic rings. The van der Waals surface area contributed by atoms with Gasteiger partial charge in [0, 0.05) is 12.1 Å². The predicted octanol–water partition coefficient (Wildman–Crippen LogP) is 4.37. The van der Waals surface area contributed by atoms with Crippen LogP contribution < -0.4 is 15.4 Å². The Kier molecular flexibility index (Phi) is 5.68. The van der Waals surface area contributed by atoms with Crippen LogP contribution in [0.5, 0.6) is 5.75 Å². The van der Waals surface area contributed by atoms with E-state index in [1.54, 1.807) is 6.26 Å². The molecule has 0 aromatic heterocycles. The molecule has 1 atom stereocenters. The summed E-state index contributed by atoms with van der Waals surface area (Å²) in [4.78, 5) is 12.3. The maximum atomic E-state index is 12.3. The second-order valence-electron chi connectivity index (χ2n) is 7.73. The highest BCUT2D eigenvalue weighted by Gasteiger charge is 2.43. The van der Waals surface area contributed by atoms with E-state index < -0.39 is 5.54 Å². The molecule has 30 heavy (non-hydrogen) atoms. The minimum absolute atomic E-state index is 0.00827. The zero-order chi connectivity index (χ0) is 21.0. The molecule has 0 radical (unpaired) electrons. The first-order valence-corrected chi connectivity index (χ1v) is 10.2. The molecular formula is C26H26N2O2. The summed E-state index contributed by atoms with van der Waals surface area (Å²) in [7, 11) is 0. The summed E-state index contributed by atoms with van der Waals surface area (Å²) in [5.41, 5.74) is 3.37. The van der Waals surface area contributed by atoms with Crippen molar-refractivity contribution >= 4 is 5.91 Å². The van der Waals surface area contributed by atoms with Gasteiger partial charge in [0.05, 0.1) is 11.8 Å². The van der Waals surface area contributed by atoms with Crippen molar-refractivity contribution < 1.29 is 9.53 Å². The topological polar surface area (TPSA) is 50.4 Å². The third kappa shape index (κ3) is 3.74. The molecular weight excluding hydrogens is 372 g/mol. The molecule has 4 rings (SSSR count). The Morgan fingerprint density at radius 3 is 2.00 bits per heavy atom. The molecule has 1 saturated heterocycles. The lowest BCUT2D eigenvalue weighted by atomic mass is 9.75. The number of ether oxygens (including phenoxy) is 1. The van der Waals surface area contributed by atoms with Gasteiger partial charge in [0.25, 0.3) is 0 Å². The molecule has 4 heteroatoms. The number of amides is 1. The lowest BCUT2D eigenvalue weighted by molar-refractivity contribution is -0.128. The van der Waals surface area contributed by atoms with Crippen molar-refractivity contribution in [3.8, 4) is 5.75 Å². The van der Waals surface area contributed by atoms with Gasteiger partial charge < -0.3 is 10.1 Å². The summed E-state index contributed by atoms with van der Waals surface area (Å²) in [5.74, 6) is 0.757. The second-order valence-corrected chi connectivity index (χ2v) is 7.73. The van der Waals surface area contributed by atoms with Crippen molar-refractivity contribution in [2.24, 2.45) is 0 Å². The Hall–Kier alpha value is -3.37. The third-order valence-corrected chi connectivity index (χ3v) is 5.31. The van der Waals surface area contributed by atoms with Gasteiger partial charge in [-0.25, -0.2) is 0 Å². The zero-order valence-electron chi connectivity index (χ0n) is 17.3. The van der Waals surface area contributed by atoms with E-state index in [-0.39, 0.29) is 11.9 Å². The van der Waals surface area contributed by atoms with Crippen LogP contribution in [0, 0.1) is 0 Å². The summed E-state index contributed by atoms with van der Waals surface area (Å²) in [6.45, 7) is 4.60. The molecule has 1 aliphatic heterocycles. The lowest BCUT2D eigenvalue weighted by Gasteiger charge is -2.42. The van der Waals surface area contributed by atoms with E-state index in [0.717, 1.165) is 28.0 Å². The monoisotopic (exact) mass is 398 g/mol. The highest BCUT2D eigenvalue weighted by atomic mass is 16.5. The highest BCUT2D eigenvalue weighted by Crippen LogP contribution is 2.42. The van der Waals surface area contributed by atoms with Crippen LogP contribution in [0.15, 0.2) is 96.8 Å². The number of nitrogens with one attached hydrogen (secondary N) is 2. The maximum absolute atomic E-state index is 12.3. The molecule has 0 spiro atoms. The summed E-state index contributed by atoms with van der Waals surface area (Å²) >= 11 is 0. The van der Waals surface area contributed by atoms with Crippen LogP contribution in [-0.4, -0.2) is 18.5 Å². The molecule has 1 aliphatic rings. The zero-order valence-corrected chi connectivity index (χ0v) is 17.3. The van der Waals surface area contributed by atoms with Crippen LogP contribution in [-0.2, 0) is 10.3 Å². The Labute approximate surface area is 177 Å². The van der Waals surface area contributed by atoms with Gasteiger partial charge in [-0.2, -0.15) is 0 Å². The largest absolute Gasteiger partial charge is 0.465 e. The quantitative estimate of drug-likeness (QED) is 0.353. The average molecular weight is 399 g/mol. The number of benzene rings is 3. The van der Waals surface area contributed by atoms with Crippen LogP contribution in [0.2, 0.25) is 0 Å². The van der Waals surface area contributed by atoms with Crippen LogP contribution >= 0.6 is 0 Å². The first kappa shape index (κ1) is 19.9. The fourth-order valence-corrected chi connectivity index (χ4v) is 3.82. The summed E-state index contributed by atoms with van der Waals surface area (Å²) in [6.07, 6.45) is 1.76. The fourth-order valence-electron chi connectivity index (χ4n) is 3.82. The Bertz CT molecular complexity index is 1000. The van der Waals surface area contributed by atoms with E-state index in [9.17, 15) is 4.79 Å². The minimum atomic E-state index is -0.753.